The first kappa shape index (κ1) is 20.8. The highest BCUT2D eigenvalue weighted by Crippen LogP contribution is 2.36. The van der Waals surface area contributed by atoms with Crippen LogP contribution >= 0.6 is 0 Å². The van der Waals surface area contributed by atoms with Crippen molar-refractivity contribution in [2.24, 2.45) is 0 Å². The molecule has 3 aromatic heterocycles. The fourth-order valence-corrected chi connectivity index (χ4v) is 4.83. The fourth-order valence-electron chi connectivity index (χ4n) is 4.83. The summed E-state index contributed by atoms with van der Waals surface area (Å²) in [6.45, 7) is 7.04. The molecule has 172 valence electrons. The number of imidazole rings is 2. The van der Waals surface area contributed by atoms with Crippen LogP contribution in [-0.4, -0.2) is 50.8 Å². The predicted molar refractivity (Wildman–Crippen MR) is 131 cm³/mol. The van der Waals surface area contributed by atoms with E-state index in [1.807, 2.05) is 25.3 Å². The number of rotatable bonds is 4. The number of ether oxygens (including phenoxy) is 1. The van der Waals surface area contributed by atoms with Crippen LogP contribution < -0.4 is 4.90 Å². The lowest BCUT2D eigenvalue weighted by Crippen LogP contribution is -2.36. The molecule has 2 aromatic carbocycles. The van der Waals surface area contributed by atoms with Gasteiger partial charge in [-0.25, -0.2) is 19.3 Å². The topological polar surface area (TPSA) is 71.9 Å². The Morgan fingerprint density at radius 3 is 2.71 bits per heavy atom. The molecule has 6 rings (SSSR count). The molecule has 0 spiro atoms. The standard InChI is InChI=1S/C26H25FN6O/c1-3-24-31-26-19(21-14-28-15-29-21)12-17(32-7-9-34-10-8-32)13-23(26)33(24)22-11-16(2)30-25-18(22)5-4-6-20(25)27/h4-6,11-15H,3,7-10H2,1-2H3,(H,28,29). The summed E-state index contributed by atoms with van der Waals surface area (Å²) in [5.74, 6) is 0.586. The smallest absolute Gasteiger partial charge is 0.149 e. The van der Waals surface area contributed by atoms with Gasteiger partial charge in [0.1, 0.15) is 17.2 Å². The van der Waals surface area contributed by atoms with Crippen LogP contribution in [0.15, 0.2) is 48.9 Å². The number of hydrogen-bond donors (Lipinski definition) is 1. The lowest BCUT2D eigenvalue weighted by atomic mass is 10.1. The number of halogens is 1. The minimum Gasteiger partial charge on any atom is -0.378 e. The highest BCUT2D eigenvalue weighted by molar-refractivity contribution is 5.98. The molecule has 1 N–H and O–H groups in total. The van der Waals surface area contributed by atoms with Crippen LogP contribution in [0.1, 0.15) is 18.4 Å². The molecule has 1 aliphatic heterocycles. The summed E-state index contributed by atoms with van der Waals surface area (Å²) >= 11 is 0. The third kappa shape index (κ3) is 3.33. The molecule has 0 radical (unpaired) electrons. The van der Waals surface area contributed by atoms with E-state index in [0.717, 1.165) is 70.1 Å². The molecule has 0 saturated carbocycles. The van der Waals surface area contributed by atoms with Gasteiger partial charge < -0.3 is 14.6 Å². The number of anilines is 1. The minimum atomic E-state index is -0.322. The van der Waals surface area contributed by atoms with E-state index < -0.39 is 0 Å². The summed E-state index contributed by atoms with van der Waals surface area (Å²) in [6, 6.07) is 11.5. The zero-order valence-corrected chi connectivity index (χ0v) is 19.2. The molecule has 1 fully saturated rings. The number of morpholine rings is 1. The summed E-state index contributed by atoms with van der Waals surface area (Å²) in [6.07, 6.45) is 4.23. The van der Waals surface area contributed by atoms with E-state index in [1.54, 1.807) is 12.4 Å². The molecular formula is C26H25FN6O. The normalized spacial score (nSPS) is 14.4. The van der Waals surface area contributed by atoms with Crippen molar-refractivity contribution >= 4 is 27.6 Å². The molecule has 34 heavy (non-hydrogen) atoms. The van der Waals surface area contributed by atoms with Crippen LogP contribution in [0.3, 0.4) is 0 Å². The van der Waals surface area contributed by atoms with Crippen LogP contribution in [0.25, 0.3) is 38.9 Å². The molecule has 7 nitrogen and oxygen atoms in total. The average molecular weight is 457 g/mol. The van der Waals surface area contributed by atoms with Gasteiger partial charge in [-0.1, -0.05) is 19.1 Å². The number of pyridine rings is 1. The Kier molecular flexibility index (Phi) is 5.03. The van der Waals surface area contributed by atoms with Crippen molar-refractivity contribution in [3.63, 3.8) is 0 Å². The number of hydrogen-bond acceptors (Lipinski definition) is 5. The van der Waals surface area contributed by atoms with E-state index in [4.69, 9.17) is 9.72 Å². The van der Waals surface area contributed by atoms with Crippen LogP contribution in [0.5, 0.6) is 0 Å². The van der Waals surface area contributed by atoms with Gasteiger partial charge in [-0.05, 0) is 31.2 Å². The molecule has 4 heterocycles. The number of nitrogens with one attached hydrogen (secondary N) is 1. The molecule has 5 aromatic rings. The number of nitrogens with zero attached hydrogens (tertiary/aromatic N) is 5. The highest BCUT2D eigenvalue weighted by atomic mass is 19.1. The summed E-state index contributed by atoms with van der Waals surface area (Å²) in [5.41, 5.74) is 6.88. The fraction of sp³-hybridized carbons (Fsp3) is 0.269. The summed E-state index contributed by atoms with van der Waals surface area (Å²) in [7, 11) is 0. The van der Waals surface area contributed by atoms with Gasteiger partial charge >= 0.3 is 0 Å². The average Bonchev–Trinajstić information content (AvgIpc) is 3.52. The third-order valence-electron chi connectivity index (χ3n) is 6.43. The van der Waals surface area contributed by atoms with Crippen molar-refractivity contribution < 1.29 is 9.13 Å². The third-order valence-corrected chi connectivity index (χ3v) is 6.43. The molecule has 0 aliphatic carbocycles. The van der Waals surface area contributed by atoms with E-state index in [2.05, 4.69) is 43.5 Å². The van der Waals surface area contributed by atoms with Gasteiger partial charge in [0.05, 0.1) is 48.2 Å². The maximum atomic E-state index is 14.7. The number of para-hydroxylation sites is 1. The first-order chi connectivity index (χ1) is 16.6. The number of benzene rings is 2. The van der Waals surface area contributed by atoms with E-state index in [1.165, 1.54) is 6.07 Å². The van der Waals surface area contributed by atoms with Crippen molar-refractivity contribution in [2.75, 3.05) is 31.2 Å². The van der Waals surface area contributed by atoms with Gasteiger partial charge in [-0.15, -0.1) is 0 Å². The number of aromatic amines is 1. The van der Waals surface area contributed by atoms with Crippen LogP contribution in [-0.2, 0) is 11.2 Å². The molecule has 0 amide bonds. The zero-order valence-electron chi connectivity index (χ0n) is 19.2. The van der Waals surface area contributed by atoms with Crippen LogP contribution in [0.2, 0.25) is 0 Å². The zero-order chi connectivity index (χ0) is 23.2. The molecule has 1 saturated heterocycles. The van der Waals surface area contributed by atoms with Crippen molar-refractivity contribution in [2.45, 2.75) is 20.3 Å². The molecule has 8 heteroatoms. The molecule has 0 bridgehead atoms. The SMILES string of the molecule is CCc1nc2c(-c3cnc[nH]3)cc(N3CCOCC3)cc2n1-c1cc(C)nc2c(F)cccc12. The summed E-state index contributed by atoms with van der Waals surface area (Å²) < 4.78 is 22.5. The second-order valence-electron chi connectivity index (χ2n) is 8.56. The Balaban J connectivity index is 1.70. The Bertz CT molecular complexity index is 1500. The van der Waals surface area contributed by atoms with Gasteiger partial charge in [0, 0.05) is 41.8 Å². The van der Waals surface area contributed by atoms with Crippen molar-refractivity contribution in [3.05, 3.63) is 66.3 Å². The monoisotopic (exact) mass is 456 g/mol. The number of H-pyrrole nitrogens is 1. The quantitative estimate of drug-likeness (QED) is 0.420. The highest BCUT2D eigenvalue weighted by Gasteiger charge is 2.22. The van der Waals surface area contributed by atoms with Gasteiger partial charge in [-0.2, -0.15) is 0 Å². The van der Waals surface area contributed by atoms with Gasteiger partial charge in [0.15, 0.2) is 0 Å². The van der Waals surface area contributed by atoms with Crippen molar-refractivity contribution in [1.29, 1.82) is 0 Å². The van der Waals surface area contributed by atoms with Crippen LogP contribution in [0, 0.1) is 12.7 Å². The first-order valence-electron chi connectivity index (χ1n) is 11.6. The minimum absolute atomic E-state index is 0.322. The molecular weight excluding hydrogens is 431 g/mol. The maximum absolute atomic E-state index is 14.7. The first-order valence-corrected chi connectivity index (χ1v) is 11.6. The lowest BCUT2D eigenvalue weighted by Gasteiger charge is -2.29. The van der Waals surface area contributed by atoms with E-state index >= 15 is 0 Å². The van der Waals surface area contributed by atoms with Gasteiger partial charge in [0.25, 0.3) is 0 Å². The molecule has 0 atom stereocenters. The Hall–Kier alpha value is -3.78. The Morgan fingerprint density at radius 1 is 1.09 bits per heavy atom. The van der Waals surface area contributed by atoms with E-state index in [0.29, 0.717) is 18.7 Å². The predicted octanol–water partition coefficient (Wildman–Crippen LogP) is 4.81. The Morgan fingerprint density at radius 2 is 1.94 bits per heavy atom. The van der Waals surface area contributed by atoms with Crippen molar-refractivity contribution in [1.82, 2.24) is 24.5 Å². The molecule has 1 aliphatic rings. The largest absolute Gasteiger partial charge is 0.378 e. The number of aryl methyl sites for hydroxylation is 2. The maximum Gasteiger partial charge on any atom is 0.149 e. The second kappa shape index (κ2) is 8.22. The molecule has 0 unspecified atom stereocenters. The van der Waals surface area contributed by atoms with E-state index in [9.17, 15) is 4.39 Å². The summed E-state index contributed by atoms with van der Waals surface area (Å²) in [4.78, 5) is 19.4. The van der Waals surface area contributed by atoms with Gasteiger partial charge in [-0.3, -0.25) is 4.57 Å². The van der Waals surface area contributed by atoms with Crippen molar-refractivity contribution in [3.8, 4) is 16.9 Å². The summed E-state index contributed by atoms with van der Waals surface area (Å²) in [5, 5.41) is 0.763. The van der Waals surface area contributed by atoms with Crippen LogP contribution in [0.4, 0.5) is 10.1 Å². The van der Waals surface area contributed by atoms with E-state index in [-0.39, 0.29) is 5.82 Å². The Labute approximate surface area is 196 Å². The number of aromatic nitrogens is 5. The lowest BCUT2D eigenvalue weighted by molar-refractivity contribution is 0.122. The number of fused-ring (bicyclic) bond motifs is 2. The van der Waals surface area contributed by atoms with Gasteiger partial charge in [0.2, 0.25) is 0 Å². The second-order valence-corrected chi connectivity index (χ2v) is 8.56.